The Balaban J connectivity index is 1.82. The van der Waals surface area contributed by atoms with Crippen molar-refractivity contribution in [3.8, 4) is 5.75 Å². The average Bonchev–Trinajstić information content (AvgIpc) is 3.00. The van der Waals surface area contributed by atoms with Crippen molar-refractivity contribution in [1.29, 1.82) is 0 Å². The van der Waals surface area contributed by atoms with Gasteiger partial charge in [-0.05, 0) is 31.4 Å². The zero-order chi connectivity index (χ0) is 18.7. The molecule has 2 atom stereocenters. The molecule has 2 N–H and O–H groups in total. The maximum absolute atomic E-state index is 12.8. The Morgan fingerprint density at radius 1 is 1.27 bits per heavy atom. The van der Waals surface area contributed by atoms with E-state index in [1.54, 1.807) is 0 Å². The smallest absolute Gasteiger partial charge is 0.355 e. The third-order valence-corrected chi connectivity index (χ3v) is 5.93. The van der Waals surface area contributed by atoms with E-state index in [2.05, 4.69) is 9.82 Å². The third-order valence-electron chi connectivity index (χ3n) is 4.44. The molecule has 140 valence electrons. The number of aryl methyl sites for hydroxylation is 1. The van der Waals surface area contributed by atoms with Crippen LogP contribution in [0.2, 0.25) is 0 Å². The summed E-state index contributed by atoms with van der Waals surface area (Å²) in [4.78, 5) is 11.0. The van der Waals surface area contributed by atoms with Crippen LogP contribution in [0.15, 0.2) is 41.4 Å². The second-order valence-corrected chi connectivity index (χ2v) is 7.95. The SMILES string of the molecule is Cn1ncc(S(=O)(=O)N[C@@H]2CCCC[C@@H]2Oc2ccccc2)c1C(=O)O. The highest BCUT2D eigenvalue weighted by Crippen LogP contribution is 2.26. The monoisotopic (exact) mass is 379 g/mol. The number of sulfonamides is 1. The van der Waals surface area contributed by atoms with Gasteiger partial charge in [0.05, 0.1) is 12.2 Å². The van der Waals surface area contributed by atoms with Gasteiger partial charge in [-0.3, -0.25) is 4.68 Å². The number of ether oxygens (including phenoxy) is 1. The van der Waals surface area contributed by atoms with Crippen molar-refractivity contribution in [2.75, 3.05) is 0 Å². The van der Waals surface area contributed by atoms with Crippen LogP contribution in [0.1, 0.15) is 36.2 Å². The Labute approximate surface area is 151 Å². The molecule has 0 saturated heterocycles. The second kappa shape index (κ2) is 7.46. The van der Waals surface area contributed by atoms with Crippen molar-refractivity contribution in [2.45, 2.75) is 42.7 Å². The van der Waals surface area contributed by atoms with Crippen molar-refractivity contribution in [1.82, 2.24) is 14.5 Å². The Bertz CT molecular complexity index is 879. The molecule has 1 heterocycles. The molecule has 1 fully saturated rings. The van der Waals surface area contributed by atoms with Crippen molar-refractivity contribution in [2.24, 2.45) is 7.05 Å². The summed E-state index contributed by atoms with van der Waals surface area (Å²) in [5.41, 5.74) is -0.367. The van der Waals surface area contributed by atoms with E-state index in [0.29, 0.717) is 12.2 Å². The van der Waals surface area contributed by atoms with Gasteiger partial charge in [0.15, 0.2) is 5.69 Å². The fourth-order valence-corrected chi connectivity index (χ4v) is 4.62. The number of nitrogens with zero attached hydrogens (tertiary/aromatic N) is 2. The maximum atomic E-state index is 12.8. The van der Waals surface area contributed by atoms with E-state index in [1.807, 2.05) is 30.3 Å². The van der Waals surface area contributed by atoms with Crippen LogP contribution >= 0.6 is 0 Å². The van der Waals surface area contributed by atoms with E-state index in [4.69, 9.17) is 4.74 Å². The number of carbonyl (C=O) groups is 1. The van der Waals surface area contributed by atoms with Crippen LogP contribution in [0, 0.1) is 0 Å². The number of aromatic nitrogens is 2. The fraction of sp³-hybridized carbons (Fsp3) is 0.412. The van der Waals surface area contributed by atoms with Crippen LogP contribution in [0.25, 0.3) is 0 Å². The molecule has 0 amide bonds. The lowest BCUT2D eigenvalue weighted by Gasteiger charge is -2.32. The second-order valence-electron chi connectivity index (χ2n) is 6.27. The molecule has 0 radical (unpaired) electrons. The minimum Gasteiger partial charge on any atom is -0.489 e. The first-order valence-corrected chi connectivity index (χ1v) is 9.86. The molecular weight excluding hydrogens is 358 g/mol. The number of carboxylic acid groups (broad SMARTS) is 1. The van der Waals surface area contributed by atoms with Crippen LogP contribution in [0.3, 0.4) is 0 Å². The van der Waals surface area contributed by atoms with Crippen molar-refractivity contribution in [3.05, 3.63) is 42.2 Å². The van der Waals surface area contributed by atoms with E-state index in [0.717, 1.165) is 30.1 Å². The zero-order valence-electron chi connectivity index (χ0n) is 14.3. The van der Waals surface area contributed by atoms with Crippen LogP contribution in [-0.4, -0.2) is 41.4 Å². The summed E-state index contributed by atoms with van der Waals surface area (Å²) in [6.45, 7) is 0. The number of benzene rings is 1. The molecule has 1 aromatic heterocycles. The molecule has 1 aliphatic carbocycles. The van der Waals surface area contributed by atoms with Gasteiger partial charge in [0.25, 0.3) is 0 Å². The summed E-state index contributed by atoms with van der Waals surface area (Å²) < 4.78 is 35.1. The van der Waals surface area contributed by atoms with Crippen LogP contribution in [0.4, 0.5) is 0 Å². The summed E-state index contributed by atoms with van der Waals surface area (Å²) in [5.74, 6) is -0.665. The first kappa shape index (κ1) is 18.4. The van der Waals surface area contributed by atoms with Gasteiger partial charge in [-0.15, -0.1) is 0 Å². The number of aromatic carboxylic acids is 1. The Morgan fingerprint density at radius 3 is 2.65 bits per heavy atom. The third kappa shape index (κ3) is 3.88. The van der Waals surface area contributed by atoms with Gasteiger partial charge in [-0.2, -0.15) is 5.10 Å². The highest BCUT2D eigenvalue weighted by atomic mass is 32.2. The number of carboxylic acids is 1. The molecule has 1 saturated carbocycles. The van der Waals surface area contributed by atoms with Gasteiger partial charge < -0.3 is 9.84 Å². The standard InChI is InChI=1S/C17H21N3O5S/c1-20-16(17(21)22)15(11-18-20)26(23,24)19-13-9-5-6-10-14(13)25-12-7-3-2-4-8-12/h2-4,7-8,11,13-14,19H,5-6,9-10H2,1H3,(H,21,22)/t13-,14+/m1/s1. The molecule has 9 heteroatoms. The average molecular weight is 379 g/mol. The van der Waals surface area contributed by atoms with Crippen LogP contribution in [-0.2, 0) is 17.1 Å². The van der Waals surface area contributed by atoms with Gasteiger partial charge in [-0.25, -0.2) is 17.9 Å². The highest BCUT2D eigenvalue weighted by molar-refractivity contribution is 7.89. The van der Waals surface area contributed by atoms with Crippen molar-refractivity contribution >= 4 is 16.0 Å². The molecule has 26 heavy (non-hydrogen) atoms. The molecule has 0 aliphatic heterocycles. The van der Waals surface area contributed by atoms with Gasteiger partial charge in [-0.1, -0.05) is 24.6 Å². The molecule has 0 bridgehead atoms. The quantitative estimate of drug-likeness (QED) is 0.792. The van der Waals surface area contributed by atoms with E-state index in [-0.39, 0.29) is 16.7 Å². The van der Waals surface area contributed by atoms with Crippen LogP contribution in [0.5, 0.6) is 5.75 Å². The number of para-hydroxylation sites is 1. The largest absolute Gasteiger partial charge is 0.489 e. The summed E-state index contributed by atoms with van der Waals surface area (Å²) in [7, 11) is -2.64. The van der Waals surface area contributed by atoms with Crippen LogP contribution < -0.4 is 9.46 Å². The molecule has 1 aromatic carbocycles. The molecular formula is C17H21N3O5S. The molecule has 2 aromatic rings. The zero-order valence-corrected chi connectivity index (χ0v) is 15.1. The predicted molar refractivity (Wildman–Crippen MR) is 93.6 cm³/mol. The number of hydrogen-bond donors (Lipinski definition) is 2. The lowest BCUT2D eigenvalue weighted by molar-refractivity contribution is 0.0680. The Hall–Kier alpha value is -2.39. The number of rotatable bonds is 6. The van der Waals surface area contributed by atoms with Crippen molar-refractivity contribution < 1.29 is 23.1 Å². The topological polar surface area (TPSA) is 111 Å². The summed E-state index contributed by atoms with van der Waals surface area (Å²) in [5, 5.41) is 13.0. The lowest BCUT2D eigenvalue weighted by atomic mass is 9.93. The van der Waals surface area contributed by atoms with E-state index in [9.17, 15) is 18.3 Å². The predicted octanol–water partition coefficient (Wildman–Crippen LogP) is 1.79. The first-order chi connectivity index (χ1) is 12.4. The molecule has 0 spiro atoms. The maximum Gasteiger partial charge on any atom is 0.355 e. The molecule has 1 aliphatic rings. The molecule has 0 unspecified atom stereocenters. The van der Waals surface area contributed by atoms with Crippen molar-refractivity contribution in [3.63, 3.8) is 0 Å². The molecule has 3 rings (SSSR count). The fourth-order valence-electron chi connectivity index (χ4n) is 3.17. The minimum absolute atomic E-state index is 0.314. The van der Waals surface area contributed by atoms with E-state index >= 15 is 0 Å². The summed E-state index contributed by atoms with van der Waals surface area (Å²) >= 11 is 0. The lowest BCUT2D eigenvalue weighted by Crippen LogP contribution is -2.47. The Morgan fingerprint density at radius 2 is 1.96 bits per heavy atom. The van der Waals surface area contributed by atoms with E-state index < -0.39 is 22.0 Å². The minimum atomic E-state index is -4.03. The first-order valence-electron chi connectivity index (χ1n) is 8.38. The Kier molecular flexibility index (Phi) is 5.28. The highest BCUT2D eigenvalue weighted by Gasteiger charge is 2.34. The number of nitrogens with one attached hydrogen (secondary N) is 1. The van der Waals surface area contributed by atoms with Gasteiger partial charge in [0.1, 0.15) is 16.7 Å². The normalized spacial score (nSPS) is 20.7. The van der Waals surface area contributed by atoms with Gasteiger partial charge in [0.2, 0.25) is 10.0 Å². The van der Waals surface area contributed by atoms with E-state index in [1.165, 1.54) is 7.05 Å². The summed E-state index contributed by atoms with van der Waals surface area (Å²) in [6.07, 6.45) is 3.91. The van der Waals surface area contributed by atoms with Gasteiger partial charge in [0, 0.05) is 7.05 Å². The molecule has 8 nitrogen and oxygen atoms in total. The summed E-state index contributed by atoms with van der Waals surface area (Å²) in [6, 6.07) is 8.80. The van der Waals surface area contributed by atoms with Gasteiger partial charge >= 0.3 is 5.97 Å². The number of hydrogen-bond acceptors (Lipinski definition) is 5.